The van der Waals surface area contributed by atoms with E-state index in [4.69, 9.17) is 4.98 Å². The minimum absolute atomic E-state index is 0.0843. The van der Waals surface area contributed by atoms with Crippen LogP contribution >= 0.6 is 39.0 Å². The summed E-state index contributed by atoms with van der Waals surface area (Å²) in [6.07, 6.45) is 7.10. The number of nitriles is 1. The van der Waals surface area contributed by atoms with Crippen LogP contribution in [-0.2, 0) is 17.6 Å². The van der Waals surface area contributed by atoms with E-state index < -0.39 is 0 Å². The third-order valence-corrected chi connectivity index (χ3v) is 7.62. The fourth-order valence-corrected chi connectivity index (χ4v) is 5.58. The van der Waals surface area contributed by atoms with Crippen molar-refractivity contribution in [3.05, 3.63) is 57.0 Å². The van der Waals surface area contributed by atoms with Crippen molar-refractivity contribution in [1.29, 1.82) is 5.26 Å². The van der Waals surface area contributed by atoms with Crippen LogP contribution in [0.25, 0.3) is 11.3 Å². The number of carbonyl (C=O) groups is 1. The first-order chi connectivity index (χ1) is 15.6. The zero-order chi connectivity index (χ0) is 22.3. The molecule has 8 heteroatoms. The average Bonchev–Trinajstić information content (AvgIpc) is 3.23. The number of rotatable bonds is 6. The lowest BCUT2D eigenvalue weighted by molar-refractivity contribution is -0.115. The van der Waals surface area contributed by atoms with E-state index in [0.717, 1.165) is 52.1 Å². The molecule has 2 aromatic heterocycles. The van der Waals surface area contributed by atoms with Gasteiger partial charge in [-0.3, -0.25) is 4.79 Å². The molecule has 1 aromatic carbocycles. The molecule has 1 amide bonds. The molecule has 0 aliphatic heterocycles. The highest BCUT2D eigenvalue weighted by Gasteiger charge is 2.15. The van der Waals surface area contributed by atoms with E-state index in [1.54, 1.807) is 0 Å². The summed E-state index contributed by atoms with van der Waals surface area (Å²) in [4.78, 5) is 21.7. The Labute approximate surface area is 204 Å². The molecule has 1 aliphatic rings. The normalized spacial score (nSPS) is 13.5. The third kappa shape index (κ3) is 5.97. The summed E-state index contributed by atoms with van der Waals surface area (Å²) < 4.78 is 1.02. The van der Waals surface area contributed by atoms with Crippen molar-refractivity contribution in [2.45, 2.75) is 50.0 Å². The van der Waals surface area contributed by atoms with Crippen LogP contribution < -0.4 is 5.32 Å². The van der Waals surface area contributed by atoms with Crippen molar-refractivity contribution in [1.82, 2.24) is 9.97 Å². The zero-order valence-corrected chi connectivity index (χ0v) is 20.8. The fourth-order valence-electron chi connectivity index (χ4n) is 3.66. The first-order valence-electron chi connectivity index (χ1n) is 10.7. The molecule has 164 valence electrons. The number of hydrogen-bond acceptors (Lipinski definition) is 6. The number of nitrogens with one attached hydrogen (secondary N) is 1. The minimum atomic E-state index is -0.0843. The molecule has 0 spiro atoms. The van der Waals surface area contributed by atoms with Crippen molar-refractivity contribution in [3.8, 4) is 17.3 Å². The molecule has 0 bridgehead atoms. The Morgan fingerprint density at radius 1 is 1.16 bits per heavy atom. The maximum absolute atomic E-state index is 12.4. The smallest absolute Gasteiger partial charge is 0.226 e. The van der Waals surface area contributed by atoms with Gasteiger partial charge >= 0.3 is 0 Å². The minimum Gasteiger partial charge on any atom is -0.302 e. The second-order valence-corrected chi connectivity index (χ2v) is 10.5. The number of aryl methyl sites for hydroxylation is 2. The quantitative estimate of drug-likeness (QED) is 0.365. The number of pyridine rings is 1. The molecule has 1 N–H and O–H groups in total. The van der Waals surface area contributed by atoms with Gasteiger partial charge in [-0.2, -0.15) is 5.26 Å². The maximum atomic E-state index is 12.4. The van der Waals surface area contributed by atoms with Gasteiger partial charge in [-0.05, 0) is 49.4 Å². The lowest BCUT2D eigenvalue weighted by Gasteiger charge is -2.15. The number of anilines is 1. The predicted molar refractivity (Wildman–Crippen MR) is 134 cm³/mol. The summed E-state index contributed by atoms with van der Waals surface area (Å²) in [7, 11) is 0. The van der Waals surface area contributed by atoms with Gasteiger partial charge in [0.15, 0.2) is 5.13 Å². The van der Waals surface area contributed by atoms with E-state index in [0.29, 0.717) is 22.9 Å². The van der Waals surface area contributed by atoms with Crippen LogP contribution in [0.1, 0.15) is 48.9 Å². The Hall–Kier alpha value is -2.21. The molecule has 0 atom stereocenters. The van der Waals surface area contributed by atoms with Crippen LogP contribution in [0.3, 0.4) is 0 Å². The molecule has 2 heterocycles. The van der Waals surface area contributed by atoms with Crippen molar-refractivity contribution >= 4 is 50.1 Å². The molecular formula is C24H23BrN4OS2. The Bertz CT molecular complexity index is 1140. The molecule has 0 unspecified atom stereocenters. The lowest BCUT2D eigenvalue weighted by Crippen LogP contribution is -2.12. The first-order valence-corrected chi connectivity index (χ1v) is 13.4. The topological polar surface area (TPSA) is 78.7 Å². The molecule has 3 aromatic rings. The van der Waals surface area contributed by atoms with Crippen LogP contribution in [0.4, 0.5) is 5.13 Å². The van der Waals surface area contributed by atoms with E-state index in [-0.39, 0.29) is 5.91 Å². The largest absolute Gasteiger partial charge is 0.302 e. The summed E-state index contributed by atoms with van der Waals surface area (Å²) in [5, 5.41) is 15.7. The van der Waals surface area contributed by atoms with Gasteiger partial charge < -0.3 is 5.32 Å². The Balaban J connectivity index is 1.33. The molecule has 1 aliphatic carbocycles. The Morgan fingerprint density at radius 2 is 1.94 bits per heavy atom. The number of halogens is 1. The van der Waals surface area contributed by atoms with Crippen molar-refractivity contribution in [3.63, 3.8) is 0 Å². The van der Waals surface area contributed by atoms with Crippen LogP contribution in [0.5, 0.6) is 0 Å². The zero-order valence-electron chi connectivity index (χ0n) is 17.6. The number of hydrogen-bond donors (Lipinski definition) is 1. The molecule has 0 saturated heterocycles. The van der Waals surface area contributed by atoms with Gasteiger partial charge in [-0.25, -0.2) is 9.97 Å². The number of benzene rings is 1. The maximum Gasteiger partial charge on any atom is 0.226 e. The summed E-state index contributed by atoms with van der Waals surface area (Å²) >= 11 is 6.33. The number of aromatic nitrogens is 2. The third-order valence-electron chi connectivity index (χ3n) is 5.34. The summed E-state index contributed by atoms with van der Waals surface area (Å²) in [6, 6.07) is 12.2. The number of nitrogens with zero attached hydrogens (tertiary/aromatic N) is 3. The van der Waals surface area contributed by atoms with Crippen LogP contribution in [0, 0.1) is 11.3 Å². The molecule has 4 rings (SSSR count). The Morgan fingerprint density at radius 3 is 2.72 bits per heavy atom. The van der Waals surface area contributed by atoms with E-state index in [1.165, 1.54) is 41.5 Å². The van der Waals surface area contributed by atoms with Crippen LogP contribution in [0.2, 0.25) is 0 Å². The monoisotopic (exact) mass is 526 g/mol. The standard InChI is InChI=1S/C24H23BrN4OS2/c25-19-9-7-16(8-10-19)21-15-32-24(28-21)29-22(30)11-12-31-23-18(14-26)13-17-5-3-1-2-4-6-20(17)27-23/h7-10,13,15H,1-6,11-12H2,(H,28,29,30). The molecule has 0 fully saturated rings. The SMILES string of the molecule is N#Cc1cc2c(nc1SCCC(=O)Nc1nc(-c3ccc(Br)cc3)cs1)CCCCCC2. The number of carbonyl (C=O) groups excluding carboxylic acids is 1. The fraction of sp³-hybridized carbons (Fsp3) is 0.333. The highest BCUT2D eigenvalue weighted by Crippen LogP contribution is 2.28. The number of amides is 1. The van der Waals surface area contributed by atoms with E-state index in [1.807, 2.05) is 35.7 Å². The Kier molecular flexibility index (Phi) is 7.95. The molecular weight excluding hydrogens is 504 g/mol. The lowest BCUT2D eigenvalue weighted by atomic mass is 9.96. The van der Waals surface area contributed by atoms with Gasteiger partial charge in [0.2, 0.25) is 5.91 Å². The van der Waals surface area contributed by atoms with Gasteiger partial charge in [-0.1, -0.05) is 40.9 Å². The van der Waals surface area contributed by atoms with Crippen molar-refractivity contribution in [2.75, 3.05) is 11.1 Å². The highest BCUT2D eigenvalue weighted by molar-refractivity contribution is 9.10. The predicted octanol–water partition coefficient (Wildman–Crippen LogP) is 6.62. The summed E-state index contributed by atoms with van der Waals surface area (Å²) in [5.41, 5.74) is 4.81. The number of fused-ring (bicyclic) bond motifs is 1. The molecule has 5 nitrogen and oxygen atoms in total. The van der Waals surface area contributed by atoms with E-state index in [9.17, 15) is 10.1 Å². The first kappa shape index (κ1) is 23.0. The van der Waals surface area contributed by atoms with E-state index >= 15 is 0 Å². The van der Waals surface area contributed by atoms with Gasteiger partial charge in [-0.15, -0.1) is 23.1 Å². The van der Waals surface area contributed by atoms with Gasteiger partial charge in [0.05, 0.1) is 11.3 Å². The number of thioether (sulfide) groups is 1. The summed E-state index contributed by atoms with van der Waals surface area (Å²) in [5.74, 6) is 0.482. The molecule has 32 heavy (non-hydrogen) atoms. The molecule has 0 saturated carbocycles. The van der Waals surface area contributed by atoms with E-state index in [2.05, 4.69) is 32.3 Å². The van der Waals surface area contributed by atoms with Gasteiger partial charge in [0.25, 0.3) is 0 Å². The second-order valence-electron chi connectivity index (χ2n) is 7.66. The van der Waals surface area contributed by atoms with Crippen molar-refractivity contribution < 1.29 is 4.79 Å². The van der Waals surface area contributed by atoms with Crippen molar-refractivity contribution in [2.24, 2.45) is 0 Å². The summed E-state index contributed by atoms with van der Waals surface area (Å²) in [6.45, 7) is 0. The molecule has 0 radical (unpaired) electrons. The van der Waals surface area contributed by atoms with Crippen LogP contribution in [0.15, 0.2) is 45.2 Å². The average molecular weight is 528 g/mol. The van der Waals surface area contributed by atoms with Crippen LogP contribution in [-0.4, -0.2) is 21.6 Å². The highest BCUT2D eigenvalue weighted by atomic mass is 79.9. The number of thiazole rings is 1. The van der Waals surface area contributed by atoms with Gasteiger partial charge in [0.1, 0.15) is 11.1 Å². The van der Waals surface area contributed by atoms with Gasteiger partial charge in [0, 0.05) is 33.3 Å². The second kappa shape index (κ2) is 11.1.